The summed E-state index contributed by atoms with van der Waals surface area (Å²) in [5.74, 6) is 0.429. The van der Waals surface area contributed by atoms with Gasteiger partial charge < -0.3 is 9.84 Å². The first-order valence-corrected chi connectivity index (χ1v) is 5.93. The SMILES string of the molecule is C[C@H]1CC[C@@H](O)[C@]23CC[C@H](C(=O)O2)[C@]13C. The zero-order valence-electron chi connectivity index (χ0n) is 9.32. The van der Waals surface area contributed by atoms with Crippen LogP contribution >= 0.6 is 0 Å². The number of ether oxygens (including phenoxy) is 1. The van der Waals surface area contributed by atoms with Crippen LogP contribution in [0.4, 0.5) is 0 Å². The summed E-state index contributed by atoms with van der Waals surface area (Å²) in [6.07, 6.45) is 3.08. The maximum atomic E-state index is 11.8. The van der Waals surface area contributed by atoms with E-state index in [9.17, 15) is 9.90 Å². The van der Waals surface area contributed by atoms with Gasteiger partial charge in [-0.15, -0.1) is 0 Å². The number of carbonyl (C=O) groups excluding carboxylic acids is 1. The van der Waals surface area contributed by atoms with E-state index < -0.39 is 11.7 Å². The molecule has 2 aliphatic carbocycles. The number of esters is 1. The number of aliphatic hydroxyl groups excluding tert-OH is 1. The third kappa shape index (κ3) is 0.814. The Balaban J connectivity index is 2.14. The third-order valence-electron chi connectivity index (χ3n) is 5.44. The maximum Gasteiger partial charge on any atom is 0.310 e. The summed E-state index contributed by atoms with van der Waals surface area (Å²) < 4.78 is 5.55. The van der Waals surface area contributed by atoms with Gasteiger partial charge in [-0.3, -0.25) is 4.79 Å². The Morgan fingerprint density at radius 2 is 2.13 bits per heavy atom. The highest BCUT2D eigenvalue weighted by Crippen LogP contribution is 2.66. The molecule has 0 radical (unpaired) electrons. The van der Waals surface area contributed by atoms with E-state index >= 15 is 0 Å². The third-order valence-corrected chi connectivity index (χ3v) is 5.44. The summed E-state index contributed by atoms with van der Waals surface area (Å²) in [6.45, 7) is 4.34. The molecule has 3 fully saturated rings. The van der Waals surface area contributed by atoms with Crippen molar-refractivity contribution < 1.29 is 14.6 Å². The molecule has 2 bridgehead atoms. The van der Waals surface area contributed by atoms with E-state index in [1.807, 2.05) is 0 Å². The lowest BCUT2D eigenvalue weighted by Crippen LogP contribution is -2.56. The lowest BCUT2D eigenvalue weighted by Gasteiger charge is -2.49. The molecule has 3 aliphatic rings. The first kappa shape index (κ1) is 9.64. The number of hydrogen-bond donors (Lipinski definition) is 1. The van der Waals surface area contributed by atoms with Crippen LogP contribution in [0.15, 0.2) is 0 Å². The molecule has 0 unspecified atom stereocenters. The molecule has 0 aromatic rings. The normalized spacial score (nSPS) is 57.8. The van der Waals surface area contributed by atoms with Crippen LogP contribution in [0, 0.1) is 17.3 Å². The molecule has 3 heteroatoms. The van der Waals surface area contributed by atoms with Crippen LogP contribution in [-0.2, 0) is 9.53 Å². The molecule has 3 rings (SSSR count). The first-order chi connectivity index (χ1) is 7.02. The number of carbonyl (C=O) groups is 1. The van der Waals surface area contributed by atoms with E-state index in [4.69, 9.17) is 4.74 Å². The van der Waals surface area contributed by atoms with Crippen molar-refractivity contribution in [3.05, 3.63) is 0 Å². The number of aliphatic hydroxyl groups is 1. The van der Waals surface area contributed by atoms with E-state index in [1.165, 1.54) is 0 Å². The molecule has 2 saturated carbocycles. The Labute approximate surface area is 89.8 Å². The molecule has 15 heavy (non-hydrogen) atoms. The summed E-state index contributed by atoms with van der Waals surface area (Å²) in [4.78, 5) is 11.8. The highest BCUT2D eigenvalue weighted by atomic mass is 16.6. The van der Waals surface area contributed by atoms with Crippen molar-refractivity contribution in [2.24, 2.45) is 17.3 Å². The highest BCUT2D eigenvalue weighted by molar-refractivity contribution is 5.79. The molecule has 1 aliphatic heterocycles. The van der Waals surface area contributed by atoms with Crippen LogP contribution in [0.1, 0.15) is 39.5 Å². The van der Waals surface area contributed by atoms with Gasteiger partial charge in [0.1, 0.15) is 5.60 Å². The fourth-order valence-electron chi connectivity index (χ4n) is 4.29. The van der Waals surface area contributed by atoms with E-state index in [0.717, 1.165) is 25.7 Å². The van der Waals surface area contributed by atoms with Gasteiger partial charge in [0.05, 0.1) is 12.0 Å². The van der Waals surface area contributed by atoms with Gasteiger partial charge in [0.15, 0.2) is 0 Å². The largest absolute Gasteiger partial charge is 0.455 e. The van der Waals surface area contributed by atoms with Gasteiger partial charge in [-0.1, -0.05) is 13.8 Å². The molecule has 3 nitrogen and oxygen atoms in total. The second kappa shape index (κ2) is 2.57. The van der Waals surface area contributed by atoms with E-state index in [0.29, 0.717) is 5.92 Å². The van der Waals surface area contributed by atoms with Crippen molar-refractivity contribution in [3.63, 3.8) is 0 Å². The molecule has 0 aromatic carbocycles. The van der Waals surface area contributed by atoms with Crippen LogP contribution in [0.5, 0.6) is 0 Å². The molecular formula is C12H18O3. The summed E-state index contributed by atoms with van der Waals surface area (Å²) in [6, 6.07) is 0. The van der Waals surface area contributed by atoms with Crippen molar-refractivity contribution >= 4 is 5.97 Å². The van der Waals surface area contributed by atoms with Crippen molar-refractivity contribution in [2.45, 2.75) is 51.2 Å². The van der Waals surface area contributed by atoms with Crippen LogP contribution in [0.3, 0.4) is 0 Å². The van der Waals surface area contributed by atoms with Gasteiger partial charge in [0.2, 0.25) is 0 Å². The maximum absolute atomic E-state index is 11.8. The van der Waals surface area contributed by atoms with Gasteiger partial charge >= 0.3 is 5.97 Å². The average Bonchev–Trinajstić information content (AvgIpc) is 2.62. The predicted molar refractivity (Wildman–Crippen MR) is 54.1 cm³/mol. The van der Waals surface area contributed by atoms with Gasteiger partial charge in [0.25, 0.3) is 0 Å². The summed E-state index contributed by atoms with van der Waals surface area (Å²) in [5, 5.41) is 10.2. The monoisotopic (exact) mass is 210 g/mol. The predicted octanol–water partition coefficient (Wildman–Crippen LogP) is 1.49. The minimum Gasteiger partial charge on any atom is -0.455 e. The summed E-state index contributed by atoms with van der Waals surface area (Å²) in [5.41, 5.74) is -0.672. The van der Waals surface area contributed by atoms with Crippen LogP contribution in [0.25, 0.3) is 0 Å². The molecule has 0 amide bonds. The smallest absolute Gasteiger partial charge is 0.310 e. The molecule has 1 heterocycles. The van der Waals surface area contributed by atoms with Crippen LogP contribution in [0.2, 0.25) is 0 Å². The van der Waals surface area contributed by atoms with Gasteiger partial charge in [-0.05, 0) is 31.6 Å². The Bertz CT molecular complexity index is 317. The number of hydrogen-bond acceptors (Lipinski definition) is 3. The van der Waals surface area contributed by atoms with Gasteiger partial charge in [-0.25, -0.2) is 0 Å². The van der Waals surface area contributed by atoms with Crippen molar-refractivity contribution in [1.82, 2.24) is 0 Å². The first-order valence-electron chi connectivity index (χ1n) is 5.93. The van der Waals surface area contributed by atoms with E-state index in [1.54, 1.807) is 0 Å². The molecule has 1 N–H and O–H groups in total. The van der Waals surface area contributed by atoms with Crippen molar-refractivity contribution in [2.75, 3.05) is 0 Å². The zero-order valence-corrected chi connectivity index (χ0v) is 9.32. The second-order valence-corrected chi connectivity index (χ2v) is 5.68. The molecule has 1 saturated heterocycles. The molecule has 0 spiro atoms. The topological polar surface area (TPSA) is 46.5 Å². The standard InChI is InChI=1S/C12H18O3/c1-7-3-4-9(13)12-6-5-8(10(14)15-12)11(7,12)2/h7-9,13H,3-6H2,1-2H3/t7-,8+,9+,11-,12-/m0/s1. The Morgan fingerprint density at radius 3 is 2.73 bits per heavy atom. The highest BCUT2D eigenvalue weighted by Gasteiger charge is 2.73. The Morgan fingerprint density at radius 1 is 1.40 bits per heavy atom. The quantitative estimate of drug-likeness (QED) is 0.616. The second-order valence-electron chi connectivity index (χ2n) is 5.68. The molecule has 5 atom stereocenters. The minimum absolute atomic E-state index is 0.0300. The van der Waals surface area contributed by atoms with E-state index in [2.05, 4.69) is 13.8 Å². The number of rotatable bonds is 0. The van der Waals surface area contributed by atoms with E-state index in [-0.39, 0.29) is 17.3 Å². The van der Waals surface area contributed by atoms with Crippen LogP contribution < -0.4 is 0 Å². The molecule has 0 aromatic heterocycles. The molecule has 84 valence electrons. The van der Waals surface area contributed by atoms with Gasteiger partial charge in [-0.2, -0.15) is 0 Å². The lowest BCUT2D eigenvalue weighted by molar-refractivity contribution is -0.185. The minimum atomic E-state index is -0.549. The summed E-state index contributed by atoms with van der Waals surface area (Å²) in [7, 11) is 0. The Hall–Kier alpha value is -0.570. The van der Waals surface area contributed by atoms with Crippen molar-refractivity contribution in [3.8, 4) is 0 Å². The van der Waals surface area contributed by atoms with Crippen LogP contribution in [-0.4, -0.2) is 22.8 Å². The Kier molecular flexibility index (Phi) is 1.65. The fraction of sp³-hybridized carbons (Fsp3) is 0.917. The van der Waals surface area contributed by atoms with Crippen molar-refractivity contribution in [1.29, 1.82) is 0 Å². The van der Waals surface area contributed by atoms with Gasteiger partial charge in [0, 0.05) is 5.41 Å². The molecular weight excluding hydrogens is 192 g/mol. The zero-order chi connectivity index (χ0) is 10.8. The summed E-state index contributed by atoms with van der Waals surface area (Å²) >= 11 is 0. The lowest BCUT2D eigenvalue weighted by atomic mass is 9.58. The average molecular weight is 210 g/mol. The fourth-order valence-corrected chi connectivity index (χ4v) is 4.29.